The zero-order valence-electron chi connectivity index (χ0n) is 17.8. The average molecular weight is 450 g/mol. The first kappa shape index (κ1) is 21.7. The molecule has 4 rings (SSSR count). The van der Waals surface area contributed by atoms with E-state index in [2.05, 4.69) is 5.32 Å². The molecule has 1 saturated heterocycles. The van der Waals surface area contributed by atoms with Gasteiger partial charge in [0.15, 0.2) is 0 Å². The highest BCUT2D eigenvalue weighted by Gasteiger charge is 2.27. The first-order valence-corrected chi connectivity index (χ1v) is 10.8. The lowest BCUT2D eigenvalue weighted by atomic mass is 10.1. The van der Waals surface area contributed by atoms with Crippen LogP contribution < -0.4 is 15.0 Å². The van der Waals surface area contributed by atoms with Crippen molar-refractivity contribution in [2.45, 2.75) is 13.0 Å². The summed E-state index contributed by atoms with van der Waals surface area (Å²) in [6, 6.07) is 21.7. The fourth-order valence-electron chi connectivity index (χ4n) is 3.70. The molecule has 1 fully saturated rings. The van der Waals surface area contributed by atoms with Gasteiger partial charge in [-0.25, -0.2) is 4.79 Å². The summed E-state index contributed by atoms with van der Waals surface area (Å²) in [7, 11) is 1.58. The lowest BCUT2D eigenvalue weighted by Crippen LogP contribution is -2.49. The molecule has 1 heterocycles. The molecule has 32 heavy (non-hydrogen) atoms. The van der Waals surface area contributed by atoms with Crippen LogP contribution in [0.3, 0.4) is 0 Å². The second-order valence-corrected chi connectivity index (χ2v) is 8.01. The van der Waals surface area contributed by atoms with E-state index in [9.17, 15) is 9.59 Å². The van der Waals surface area contributed by atoms with Crippen molar-refractivity contribution in [2.75, 3.05) is 30.4 Å². The van der Waals surface area contributed by atoms with Crippen LogP contribution in [0, 0.1) is 0 Å². The van der Waals surface area contributed by atoms with Crippen LogP contribution >= 0.6 is 11.6 Å². The summed E-state index contributed by atoms with van der Waals surface area (Å²) in [6.07, 6.45) is 0.847. The Morgan fingerprint density at radius 1 is 1.03 bits per heavy atom. The van der Waals surface area contributed by atoms with Crippen LogP contribution in [0.5, 0.6) is 5.75 Å². The molecule has 1 aliphatic rings. The van der Waals surface area contributed by atoms with Gasteiger partial charge in [-0.3, -0.25) is 9.69 Å². The van der Waals surface area contributed by atoms with Gasteiger partial charge in [-0.1, -0.05) is 35.9 Å². The fraction of sp³-hybridized carbons (Fsp3) is 0.200. The van der Waals surface area contributed by atoms with Gasteiger partial charge in [0, 0.05) is 47.7 Å². The van der Waals surface area contributed by atoms with Gasteiger partial charge in [0.25, 0.3) is 5.91 Å². The summed E-state index contributed by atoms with van der Waals surface area (Å²) >= 11 is 5.97. The Morgan fingerprint density at radius 3 is 2.59 bits per heavy atom. The predicted octanol–water partition coefficient (Wildman–Crippen LogP) is 5.43. The van der Waals surface area contributed by atoms with Crippen molar-refractivity contribution in [1.29, 1.82) is 0 Å². The van der Waals surface area contributed by atoms with Gasteiger partial charge in [0.05, 0.1) is 7.11 Å². The van der Waals surface area contributed by atoms with Crippen LogP contribution in [0.2, 0.25) is 5.02 Å². The molecular weight excluding hydrogens is 426 g/mol. The Kier molecular flexibility index (Phi) is 6.61. The van der Waals surface area contributed by atoms with E-state index in [1.807, 2.05) is 47.4 Å². The lowest BCUT2D eigenvalue weighted by molar-refractivity contribution is 0.102. The topological polar surface area (TPSA) is 61.9 Å². The van der Waals surface area contributed by atoms with E-state index in [0.717, 1.165) is 12.0 Å². The first-order chi connectivity index (χ1) is 15.5. The number of carbonyl (C=O) groups excluding carboxylic acids is 2. The summed E-state index contributed by atoms with van der Waals surface area (Å²) in [5.74, 6) is 0.416. The number of anilines is 2. The summed E-state index contributed by atoms with van der Waals surface area (Å²) in [5.41, 5.74) is 2.85. The van der Waals surface area contributed by atoms with Crippen molar-refractivity contribution < 1.29 is 14.3 Å². The minimum absolute atomic E-state index is 0.0726. The number of urea groups is 1. The maximum absolute atomic E-state index is 13.2. The van der Waals surface area contributed by atoms with E-state index >= 15 is 0 Å². The molecular formula is C25H24ClN3O3. The smallest absolute Gasteiger partial charge is 0.324 e. The number of benzene rings is 3. The van der Waals surface area contributed by atoms with Crippen molar-refractivity contribution in [1.82, 2.24) is 4.90 Å². The molecule has 0 aromatic heterocycles. The maximum Gasteiger partial charge on any atom is 0.324 e. The molecule has 1 N–H and O–H groups in total. The standard InChI is InChI=1S/C25H24ClN3O3/c1-32-23-8-3-6-21(16-23)27-24(30)19-5-2-7-22(15-19)29-14-4-13-28(25(29)31)17-18-9-11-20(26)12-10-18/h2-3,5-12,15-16H,4,13-14,17H2,1H3,(H,27,30). The molecule has 164 valence electrons. The van der Waals surface area contributed by atoms with Gasteiger partial charge < -0.3 is 15.0 Å². The summed E-state index contributed by atoms with van der Waals surface area (Å²) < 4.78 is 5.20. The van der Waals surface area contributed by atoms with Gasteiger partial charge in [0.2, 0.25) is 0 Å². The third kappa shape index (κ3) is 5.03. The Bertz CT molecular complexity index is 1120. The monoisotopic (exact) mass is 449 g/mol. The lowest BCUT2D eigenvalue weighted by Gasteiger charge is -2.35. The van der Waals surface area contributed by atoms with Crippen LogP contribution in [0.4, 0.5) is 16.2 Å². The third-order valence-corrected chi connectivity index (χ3v) is 5.60. The van der Waals surface area contributed by atoms with Crippen LogP contribution in [-0.4, -0.2) is 37.0 Å². The van der Waals surface area contributed by atoms with E-state index in [4.69, 9.17) is 16.3 Å². The predicted molar refractivity (Wildman–Crippen MR) is 127 cm³/mol. The van der Waals surface area contributed by atoms with Crippen molar-refractivity contribution in [2.24, 2.45) is 0 Å². The minimum Gasteiger partial charge on any atom is -0.497 e. The molecule has 0 unspecified atom stereocenters. The second-order valence-electron chi connectivity index (χ2n) is 7.57. The quantitative estimate of drug-likeness (QED) is 0.545. The van der Waals surface area contributed by atoms with Crippen molar-refractivity contribution in [3.8, 4) is 5.75 Å². The van der Waals surface area contributed by atoms with E-state index in [1.54, 1.807) is 42.3 Å². The number of rotatable bonds is 6. The zero-order chi connectivity index (χ0) is 22.5. The molecule has 0 atom stereocenters. The largest absolute Gasteiger partial charge is 0.497 e. The van der Waals surface area contributed by atoms with E-state index in [-0.39, 0.29) is 11.9 Å². The van der Waals surface area contributed by atoms with Crippen molar-refractivity contribution in [3.63, 3.8) is 0 Å². The molecule has 3 aromatic carbocycles. The number of methoxy groups -OCH3 is 1. The van der Waals surface area contributed by atoms with E-state index in [1.165, 1.54) is 0 Å². The maximum atomic E-state index is 13.2. The molecule has 6 nitrogen and oxygen atoms in total. The Morgan fingerprint density at radius 2 is 1.81 bits per heavy atom. The molecule has 0 aliphatic carbocycles. The molecule has 3 amide bonds. The van der Waals surface area contributed by atoms with Gasteiger partial charge in [0.1, 0.15) is 5.75 Å². The van der Waals surface area contributed by atoms with Crippen LogP contribution in [0.1, 0.15) is 22.3 Å². The fourth-order valence-corrected chi connectivity index (χ4v) is 3.82. The molecule has 3 aromatic rings. The van der Waals surface area contributed by atoms with Gasteiger partial charge in [-0.05, 0) is 54.4 Å². The Hall–Kier alpha value is -3.51. The highest BCUT2D eigenvalue weighted by atomic mass is 35.5. The number of nitrogens with one attached hydrogen (secondary N) is 1. The van der Waals surface area contributed by atoms with E-state index < -0.39 is 0 Å². The first-order valence-electron chi connectivity index (χ1n) is 10.4. The highest BCUT2D eigenvalue weighted by Crippen LogP contribution is 2.24. The van der Waals surface area contributed by atoms with Crippen LogP contribution in [0.15, 0.2) is 72.8 Å². The minimum atomic E-state index is -0.248. The van der Waals surface area contributed by atoms with E-state index in [0.29, 0.717) is 47.3 Å². The van der Waals surface area contributed by atoms with Gasteiger partial charge in [-0.15, -0.1) is 0 Å². The average Bonchev–Trinajstić information content (AvgIpc) is 2.82. The number of ether oxygens (including phenoxy) is 1. The SMILES string of the molecule is COc1cccc(NC(=O)c2cccc(N3CCCN(Cc4ccc(Cl)cc4)C3=O)c2)c1. The van der Waals surface area contributed by atoms with Crippen molar-refractivity contribution in [3.05, 3.63) is 88.9 Å². The highest BCUT2D eigenvalue weighted by molar-refractivity contribution is 6.30. The molecule has 0 spiro atoms. The number of amides is 3. The second kappa shape index (κ2) is 9.75. The third-order valence-electron chi connectivity index (χ3n) is 5.35. The molecule has 1 aliphatic heterocycles. The molecule has 0 radical (unpaired) electrons. The van der Waals surface area contributed by atoms with Crippen LogP contribution in [-0.2, 0) is 6.54 Å². The number of hydrogen-bond acceptors (Lipinski definition) is 3. The number of carbonyl (C=O) groups is 2. The summed E-state index contributed by atoms with van der Waals surface area (Å²) in [6.45, 7) is 1.81. The normalized spacial score (nSPS) is 13.8. The van der Waals surface area contributed by atoms with Gasteiger partial charge in [-0.2, -0.15) is 0 Å². The molecule has 0 saturated carbocycles. The Balaban J connectivity index is 1.48. The number of hydrogen-bond donors (Lipinski definition) is 1. The molecule has 7 heteroatoms. The van der Waals surface area contributed by atoms with Gasteiger partial charge >= 0.3 is 6.03 Å². The zero-order valence-corrected chi connectivity index (χ0v) is 18.5. The van der Waals surface area contributed by atoms with Crippen molar-refractivity contribution >= 4 is 34.9 Å². The number of nitrogens with zero attached hydrogens (tertiary/aromatic N) is 2. The number of halogens is 1. The Labute approximate surface area is 192 Å². The molecule has 0 bridgehead atoms. The summed E-state index contributed by atoms with van der Waals surface area (Å²) in [5, 5.41) is 3.55. The summed E-state index contributed by atoms with van der Waals surface area (Å²) in [4.78, 5) is 29.5. The van der Waals surface area contributed by atoms with Crippen LogP contribution in [0.25, 0.3) is 0 Å².